The number of ether oxygens (including phenoxy) is 1. The third-order valence-corrected chi connectivity index (χ3v) is 3.05. The summed E-state index contributed by atoms with van der Waals surface area (Å²) in [4.78, 5) is 0. The van der Waals surface area contributed by atoms with E-state index in [-0.39, 0.29) is 12.2 Å². The SMILES string of the molecule is CCc1ccccc1O[C@H]1CCC[C@@H]1O. The van der Waals surface area contributed by atoms with Crippen molar-refractivity contribution in [2.75, 3.05) is 0 Å². The molecule has 1 N–H and O–H groups in total. The van der Waals surface area contributed by atoms with Gasteiger partial charge in [-0.25, -0.2) is 0 Å². The van der Waals surface area contributed by atoms with Gasteiger partial charge in [0, 0.05) is 0 Å². The van der Waals surface area contributed by atoms with Crippen molar-refractivity contribution in [3.05, 3.63) is 29.8 Å². The predicted molar refractivity (Wildman–Crippen MR) is 60.1 cm³/mol. The summed E-state index contributed by atoms with van der Waals surface area (Å²) >= 11 is 0. The van der Waals surface area contributed by atoms with Crippen LogP contribution >= 0.6 is 0 Å². The van der Waals surface area contributed by atoms with Crippen molar-refractivity contribution in [1.29, 1.82) is 0 Å². The summed E-state index contributed by atoms with van der Waals surface area (Å²) in [6.07, 6.45) is 3.60. The maximum Gasteiger partial charge on any atom is 0.124 e. The van der Waals surface area contributed by atoms with E-state index in [1.807, 2.05) is 18.2 Å². The molecule has 0 radical (unpaired) electrons. The van der Waals surface area contributed by atoms with Gasteiger partial charge in [-0.05, 0) is 37.3 Å². The Labute approximate surface area is 90.9 Å². The fourth-order valence-electron chi connectivity index (χ4n) is 2.12. The summed E-state index contributed by atoms with van der Waals surface area (Å²) in [5.74, 6) is 0.936. The molecule has 1 aromatic carbocycles. The van der Waals surface area contributed by atoms with Gasteiger partial charge in [-0.1, -0.05) is 25.1 Å². The molecule has 2 heteroatoms. The van der Waals surface area contributed by atoms with Crippen LogP contribution in [0.2, 0.25) is 0 Å². The second kappa shape index (κ2) is 4.67. The average Bonchev–Trinajstić information content (AvgIpc) is 2.65. The second-order valence-corrected chi connectivity index (χ2v) is 4.12. The largest absolute Gasteiger partial charge is 0.487 e. The predicted octanol–water partition coefficient (Wildman–Crippen LogP) is 2.54. The lowest BCUT2D eigenvalue weighted by Crippen LogP contribution is -2.26. The van der Waals surface area contributed by atoms with Crippen LogP contribution in [0, 0.1) is 0 Å². The second-order valence-electron chi connectivity index (χ2n) is 4.12. The molecule has 0 amide bonds. The molecule has 1 fully saturated rings. The van der Waals surface area contributed by atoms with E-state index in [9.17, 15) is 5.11 Å². The molecule has 0 saturated heterocycles. The zero-order valence-electron chi connectivity index (χ0n) is 9.15. The molecule has 0 heterocycles. The molecule has 0 spiro atoms. The lowest BCUT2D eigenvalue weighted by Gasteiger charge is -2.19. The van der Waals surface area contributed by atoms with Crippen LogP contribution in [0.1, 0.15) is 31.7 Å². The van der Waals surface area contributed by atoms with Crippen LogP contribution < -0.4 is 4.74 Å². The summed E-state index contributed by atoms with van der Waals surface area (Å²) in [6.45, 7) is 2.12. The quantitative estimate of drug-likeness (QED) is 0.823. The third kappa shape index (κ3) is 2.32. The van der Waals surface area contributed by atoms with E-state index in [4.69, 9.17) is 4.74 Å². The van der Waals surface area contributed by atoms with Gasteiger partial charge >= 0.3 is 0 Å². The highest BCUT2D eigenvalue weighted by Crippen LogP contribution is 2.27. The molecule has 2 rings (SSSR count). The molecule has 15 heavy (non-hydrogen) atoms. The molecule has 1 aliphatic carbocycles. The summed E-state index contributed by atoms with van der Waals surface area (Å²) in [6, 6.07) is 8.08. The molecule has 1 aliphatic rings. The van der Waals surface area contributed by atoms with E-state index in [2.05, 4.69) is 13.0 Å². The Morgan fingerprint density at radius 3 is 2.80 bits per heavy atom. The highest BCUT2D eigenvalue weighted by Gasteiger charge is 2.27. The van der Waals surface area contributed by atoms with Crippen molar-refractivity contribution in [2.45, 2.75) is 44.8 Å². The van der Waals surface area contributed by atoms with Gasteiger partial charge in [-0.2, -0.15) is 0 Å². The van der Waals surface area contributed by atoms with Crippen LogP contribution in [0.15, 0.2) is 24.3 Å². The van der Waals surface area contributed by atoms with E-state index in [1.165, 1.54) is 5.56 Å². The topological polar surface area (TPSA) is 29.5 Å². The van der Waals surface area contributed by atoms with Crippen LogP contribution in [0.4, 0.5) is 0 Å². The molecule has 1 saturated carbocycles. The smallest absolute Gasteiger partial charge is 0.124 e. The number of rotatable bonds is 3. The number of aryl methyl sites for hydroxylation is 1. The Balaban J connectivity index is 2.09. The Morgan fingerprint density at radius 1 is 1.33 bits per heavy atom. The zero-order valence-corrected chi connectivity index (χ0v) is 9.15. The molecule has 0 aromatic heterocycles. The zero-order chi connectivity index (χ0) is 10.7. The van der Waals surface area contributed by atoms with Crippen molar-refractivity contribution in [1.82, 2.24) is 0 Å². The fraction of sp³-hybridized carbons (Fsp3) is 0.538. The van der Waals surface area contributed by atoms with Gasteiger partial charge in [0.05, 0.1) is 6.10 Å². The first-order valence-corrected chi connectivity index (χ1v) is 5.74. The van der Waals surface area contributed by atoms with Crippen molar-refractivity contribution in [2.24, 2.45) is 0 Å². The van der Waals surface area contributed by atoms with Crippen LogP contribution in [0.25, 0.3) is 0 Å². The Morgan fingerprint density at radius 2 is 2.13 bits per heavy atom. The monoisotopic (exact) mass is 206 g/mol. The fourth-order valence-corrected chi connectivity index (χ4v) is 2.12. The molecule has 2 nitrogen and oxygen atoms in total. The van der Waals surface area contributed by atoms with Gasteiger partial charge in [-0.15, -0.1) is 0 Å². The molecular formula is C13H18O2. The van der Waals surface area contributed by atoms with E-state index in [1.54, 1.807) is 0 Å². The number of hydrogen-bond acceptors (Lipinski definition) is 2. The third-order valence-electron chi connectivity index (χ3n) is 3.05. The minimum atomic E-state index is -0.282. The van der Waals surface area contributed by atoms with Crippen molar-refractivity contribution < 1.29 is 9.84 Å². The summed E-state index contributed by atoms with van der Waals surface area (Å²) in [5, 5.41) is 9.69. The Bertz CT molecular complexity index is 322. The minimum Gasteiger partial charge on any atom is -0.487 e. The summed E-state index contributed by atoms with van der Waals surface area (Å²) < 4.78 is 5.86. The van der Waals surface area contributed by atoms with Crippen LogP contribution in [-0.2, 0) is 6.42 Å². The molecule has 0 aliphatic heterocycles. The molecule has 82 valence electrons. The minimum absolute atomic E-state index is 0.00213. The molecule has 0 unspecified atom stereocenters. The summed E-state index contributed by atoms with van der Waals surface area (Å²) in [5.41, 5.74) is 1.22. The van der Waals surface area contributed by atoms with Gasteiger partial charge in [0.2, 0.25) is 0 Å². The number of hydrogen-bond donors (Lipinski definition) is 1. The first kappa shape index (κ1) is 10.5. The van der Waals surface area contributed by atoms with E-state index in [0.717, 1.165) is 31.4 Å². The molecular weight excluding hydrogens is 188 g/mol. The Kier molecular flexibility index (Phi) is 3.27. The van der Waals surface area contributed by atoms with E-state index >= 15 is 0 Å². The molecule has 0 bridgehead atoms. The van der Waals surface area contributed by atoms with Gasteiger partial charge in [0.1, 0.15) is 11.9 Å². The first-order valence-electron chi connectivity index (χ1n) is 5.74. The van der Waals surface area contributed by atoms with E-state index in [0.29, 0.717) is 0 Å². The van der Waals surface area contributed by atoms with Crippen molar-refractivity contribution >= 4 is 0 Å². The highest BCUT2D eigenvalue weighted by molar-refractivity contribution is 5.33. The maximum absolute atomic E-state index is 9.69. The summed E-state index contributed by atoms with van der Waals surface area (Å²) in [7, 11) is 0. The van der Waals surface area contributed by atoms with Gasteiger partial charge in [0.25, 0.3) is 0 Å². The average molecular weight is 206 g/mol. The number of aliphatic hydroxyl groups is 1. The van der Waals surface area contributed by atoms with Crippen LogP contribution in [0.5, 0.6) is 5.75 Å². The highest BCUT2D eigenvalue weighted by atomic mass is 16.5. The number of aliphatic hydroxyl groups excluding tert-OH is 1. The van der Waals surface area contributed by atoms with Gasteiger partial charge < -0.3 is 9.84 Å². The van der Waals surface area contributed by atoms with Gasteiger partial charge in [-0.3, -0.25) is 0 Å². The van der Waals surface area contributed by atoms with Gasteiger partial charge in [0.15, 0.2) is 0 Å². The van der Waals surface area contributed by atoms with E-state index < -0.39 is 0 Å². The first-order chi connectivity index (χ1) is 7.31. The number of benzene rings is 1. The normalized spacial score (nSPS) is 25.5. The van der Waals surface area contributed by atoms with Crippen LogP contribution in [0.3, 0.4) is 0 Å². The van der Waals surface area contributed by atoms with Crippen molar-refractivity contribution in [3.8, 4) is 5.75 Å². The van der Waals surface area contributed by atoms with Crippen LogP contribution in [-0.4, -0.2) is 17.3 Å². The maximum atomic E-state index is 9.69. The lowest BCUT2D eigenvalue weighted by atomic mass is 10.1. The van der Waals surface area contributed by atoms with Crippen molar-refractivity contribution in [3.63, 3.8) is 0 Å². The number of para-hydroxylation sites is 1. The molecule has 2 atom stereocenters. The lowest BCUT2D eigenvalue weighted by molar-refractivity contribution is 0.0598. The Hall–Kier alpha value is -1.02. The standard InChI is InChI=1S/C13H18O2/c1-2-10-6-3-4-8-12(10)15-13-9-5-7-11(13)14/h3-4,6,8,11,13-14H,2,5,7,9H2,1H3/t11-,13-/m0/s1. The molecule has 1 aromatic rings.